The fraction of sp³-hybridized carbons (Fsp3) is 0.500. The maximum atomic E-state index is 5.44. The fourth-order valence-electron chi connectivity index (χ4n) is 3.59. The van der Waals surface area contributed by atoms with Crippen LogP contribution in [0.3, 0.4) is 0 Å². The molecule has 3 heterocycles. The lowest BCUT2D eigenvalue weighted by atomic mass is 10.1. The van der Waals surface area contributed by atoms with Gasteiger partial charge in [0.15, 0.2) is 5.82 Å². The molecule has 0 atom stereocenters. The minimum absolute atomic E-state index is 0.632. The van der Waals surface area contributed by atoms with Gasteiger partial charge < -0.3 is 14.0 Å². The van der Waals surface area contributed by atoms with Crippen LogP contribution in [0.5, 0.6) is 0 Å². The van der Waals surface area contributed by atoms with Gasteiger partial charge in [0.25, 0.3) is 0 Å². The molecule has 7 nitrogen and oxygen atoms in total. The van der Waals surface area contributed by atoms with Crippen molar-refractivity contribution in [2.24, 2.45) is 0 Å². The molecule has 0 saturated carbocycles. The summed E-state index contributed by atoms with van der Waals surface area (Å²) < 4.78 is 14.7. The average Bonchev–Trinajstić information content (AvgIpc) is 3.30. The summed E-state index contributed by atoms with van der Waals surface area (Å²) in [6, 6.07) is 6.50. The molecule has 144 valence electrons. The summed E-state index contributed by atoms with van der Waals surface area (Å²) in [6.45, 7) is 9.31. The van der Waals surface area contributed by atoms with Gasteiger partial charge in [-0.25, -0.2) is 4.98 Å². The van der Waals surface area contributed by atoms with E-state index in [4.69, 9.17) is 9.47 Å². The molecule has 27 heavy (non-hydrogen) atoms. The zero-order valence-corrected chi connectivity index (χ0v) is 16.1. The van der Waals surface area contributed by atoms with Crippen LogP contribution in [-0.2, 0) is 22.6 Å². The van der Waals surface area contributed by atoms with E-state index in [0.29, 0.717) is 13.2 Å². The van der Waals surface area contributed by atoms with Gasteiger partial charge in [-0.1, -0.05) is 0 Å². The minimum Gasteiger partial charge on any atom is -0.383 e. The highest BCUT2D eigenvalue weighted by molar-refractivity contribution is 5.87. The first-order chi connectivity index (χ1) is 13.2. The molecule has 1 fully saturated rings. The Morgan fingerprint density at radius 1 is 1.15 bits per heavy atom. The topological polar surface area (TPSA) is 57.3 Å². The second-order valence-corrected chi connectivity index (χ2v) is 7.02. The Hall–Kier alpha value is -2.22. The lowest BCUT2D eigenvalue weighted by Gasteiger charge is -2.26. The van der Waals surface area contributed by atoms with E-state index in [0.717, 1.165) is 50.8 Å². The maximum absolute atomic E-state index is 5.44. The van der Waals surface area contributed by atoms with Crippen molar-refractivity contribution < 1.29 is 9.47 Å². The third-order valence-electron chi connectivity index (χ3n) is 5.16. The van der Waals surface area contributed by atoms with E-state index >= 15 is 0 Å². The van der Waals surface area contributed by atoms with E-state index in [1.165, 1.54) is 16.5 Å². The predicted molar refractivity (Wildman–Crippen MR) is 105 cm³/mol. The van der Waals surface area contributed by atoms with Gasteiger partial charge in [0, 0.05) is 56.0 Å². The molecule has 0 aliphatic carbocycles. The molecule has 7 heteroatoms. The number of nitrogens with zero attached hydrogens (tertiary/aromatic N) is 5. The second kappa shape index (κ2) is 8.21. The number of aromatic nitrogens is 4. The molecule has 1 aliphatic heterocycles. The SMILES string of the molecule is COCCn1cnc(-c2ccc3c(c2)c(C)cn3CCN2CCOCC2)n1. The van der Waals surface area contributed by atoms with Crippen LogP contribution in [0.25, 0.3) is 22.3 Å². The van der Waals surface area contributed by atoms with Crippen molar-refractivity contribution in [2.75, 3.05) is 46.6 Å². The molecule has 1 aliphatic rings. The number of aryl methyl sites for hydroxylation is 1. The van der Waals surface area contributed by atoms with Crippen molar-refractivity contribution in [1.82, 2.24) is 24.2 Å². The van der Waals surface area contributed by atoms with E-state index < -0.39 is 0 Å². The Morgan fingerprint density at radius 2 is 2.00 bits per heavy atom. The molecule has 0 bridgehead atoms. The normalized spacial score (nSPS) is 15.6. The summed E-state index contributed by atoms with van der Waals surface area (Å²) in [6.07, 6.45) is 4.01. The smallest absolute Gasteiger partial charge is 0.181 e. The average molecular weight is 369 g/mol. The molecule has 1 saturated heterocycles. The van der Waals surface area contributed by atoms with E-state index in [9.17, 15) is 0 Å². The zero-order valence-electron chi connectivity index (χ0n) is 16.1. The third-order valence-corrected chi connectivity index (χ3v) is 5.16. The Balaban J connectivity index is 1.52. The van der Waals surface area contributed by atoms with Gasteiger partial charge in [-0.3, -0.25) is 9.58 Å². The number of benzene rings is 1. The van der Waals surface area contributed by atoms with Gasteiger partial charge in [0.05, 0.1) is 26.4 Å². The van der Waals surface area contributed by atoms with Crippen molar-refractivity contribution in [3.63, 3.8) is 0 Å². The van der Waals surface area contributed by atoms with E-state index in [-0.39, 0.29) is 0 Å². The van der Waals surface area contributed by atoms with Gasteiger partial charge in [-0.05, 0) is 30.7 Å². The van der Waals surface area contributed by atoms with Gasteiger partial charge in [-0.2, -0.15) is 5.10 Å². The number of rotatable bonds is 7. The summed E-state index contributed by atoms with van der Waals surface area (Å²) in [7, 11) is 1.69. The molecule has 3 aromatic rings. The number of fused-ring (bicyclic) bond motifs is 1. The Morgan fingerprint density at radius 3 is 2.81 bits per heavy atom. The van der Waals surface area contributed by atoms with Crippen molar-refractivity contribution in [3.8, 4) is 11.4 Å². The van der Waals surface area contributed by atoms with Crippen molar-refractivity contribution in [2.45, 2.75) is 20.0 Å². The van der Waals surface area contributed by atoms with Gasteiger partial charge in [0.1, 0.15) is 6.33 Å². The summed E-state index contributed by atoms with van der Waals surface area (Å²) in [5, 5.41) is 5.83. The molecule has 1 aromatic carbocycles. The first kappa shape index (κ1) is 18.2. The fourth-order valence-corrected chi connectivity index (χ4v) is 3.59. The van der Waals surface area contributed by atoms with Crippen molar-refractivity contribution in [1.29, 1.82) is 0 Å². The van der Waals surface area contributed by atoms with Crippen LogP contribution in [0.2, 0.25) is 0 Å². The molecule has 0 radical (unpaired) electrons. The molecule has 0 amide bonds. The minimum atomic E-state index is 0.632. The summed E-state index contributed by atoms with van der Waals surface area (Å²) in [4.78, 5) is 6.92. The molecule has 2 aromatic heterocycles. The molecule has 0 N–H and O–H groups in total. The molecular formula is C20H27N5O2. The highest BCUT2D eigenvalue weighted by Crippen LogP contribution is 2.26. The standard InChI is InChI=1S/C20H27N5O2/c1-16-14-24(6-5-23-7-11-27-12-8-23)19-4-3-17(13-18(16)19)20-21-15-25(22-20)9-10-26-2/h3-4,13-15H,5-12H2,1-2H3. The largest absolute Gasteiger partial charge is 0.383 e. The summed E-state index contributed by atoms with van der Waals surface area (Å²) in [5.41, 5.74) is 3.60. The van der Waals surface area contributed by atoms with E-state index in [2.05, 4.69) is 50.9 Å². The van der Waals surface area contributed by atoms with Crippen LogP contribution in [0, 0.1) is 6.92 Å². The first-order valence-electron chi connectivity index (χ1n) is 9.53. The van der Waals surface area contributed by atoms with Gasteiger partial charge in [-0.15, -0.1) is 0 Å². The monoisotopic (exact) mass is 369 g/mol. The Bertz CT molecular complexity index is 895. The van der Waals surface area contributed by atoms with Crippen LogP contribution in [0.4, 0.5) is 0 Å². The Kier molecular flexibility index (Phi) is 5.52. The highest BCUT2D eigenvalue weighted by Gasteiger charge is 2.13. The lowest BCUT2D eigenvalue weighted by Crippen LogP contribution is -2.38. The first-order valence-corrected chi connectivity index (χ1v) is 9.53. The molecule has 0 unspecified atom stereocenters. The quantitative estimate of drug-likeness (QED) is 0.639. The highest BCUT2D eigenvalue weighted by atomic mass is 16.5. The van der Waals surface area contributed by atoms with Crippen molar-refractivity contribution in [3.05, 3.63) is 36.3 Å². The van der Waals surface area contributed by atoms with Crippen LogP contribution < -0.4 is 0 Å². The molecule has 0 spiro atoms. The number of hydrogen-bond acceptors (Lipinski definition) is 5. The maximum Gasteiger partial charge on any atom is 0.181 e. The van der Waals surface area contributed by atoms with Gasteiger partial charge >= 0.3 is 0 Å². The van der Waals surface area contributed by atoms with Crippen LogP contribution in [0.15, 0.2) is 30.7 Å². The van der Waals surface area contributed by atoms with E-state index in [1.807, 2.05) is 4.68 Å². The number of hydrogen-bond donors (Lipinski definition) is 0. The van der Waals surface area contributed by atoms with Crippen LogP contribution in [-0.4, -0.2) is 70.8 Å². The Labute approximate surface area is 159 Å². The van der Waals surface area contributed by atoms with Crippen LogP contribution >= 0.6 is 0 Å². The lowest BCUT2D eigenvalue weighted by molar-refractivity contribution is 0.0365. The third kappa shape index (κ3) is 4.05. The zero-order chi connectivity index (χ0) is 18.6. The number of morpholine rings is 1. The second-order valence-electron chi connectivity index (χ2n) is 7.02. The molecular weight excluding hydrogens is 342 g/mol. The summed E-state index contributed by atoms with van der Waals surface area (Å²) >= 11 is 0. The van der Waals surface area contributed by atoms with Crippen molar-refractivity contribution >= 4 is 10.9 Å². The number of methoxy groups -OCH3 is 1. The van der Waals surface area contributed by atoms with E-state index in [1.54, 1.807) is 13.4 Å². The number of ether oxygens (including phenoxy) is 2. The van der Waals surface area contributed by atoms with Gasteiger partial charge in [0.2, 0.25) is 0 Å². The predicted octanol–water partition coefficient (Wildman–Crippen LogP) is 2.19. The molecule has 4 rings (SSSR count). The van der Waals surface area contributed by atoms with Crippen LogP contribution in [0.1, 0.15) is 5.56 Å². The summed E-state index contributed by atoms with van der Waals surface area (Å²) in [5.74, 6) is 0.758.